The van der Waals surface area contributed by atoms with Crippen LogP contribution < -0.4 is 5.73 Å². The second kappa shape index (κ2) is 6.44. The van der Waals surface area contributed by atoms with Crippen LogP contribution in [0.4, 0.5) is 0 Å². The van der Waals surface area contributed by atoms with Crippen molar-refractivity contribution in [3.63, 3.8) is 0 Å². The summed E-state index contributed by atoms with van der Waals surface area (Å²) >= 11 is 4.84. The molecule has 0 radical (unpaired) electrons. The van der Waals surface area contributed by atoms with Gasteiger partial charge in [0.15, 0.2) is 0 Å². The first-order valence-electron chi connectivity index (χ1n) is 6.04. The maximum atomic E-state index is 12.2. The minimum atomic E-state index is -0.0711. The lowest BCUT2D eigenvalue weighted by Crippen LogP contribution is -2.36. The molecule has 0 atom stereocenters. The summed E-state index contributed by atoms with van der Waals surface area (Å²) in [7, 11) is 1.81. The zero-order valence-electron chi connectivity index (χ0n) is 11.0. The van der Waals surface area contributed by atoms with Crippen molar-refractivity contribution >= 4 is 23.1 Å². The van der Waals surface area contributed by atoms with E-state index in [1.165, 1.54) is 6.20 Å². The van der Waals surface area contributed by atoms with E-state index in [0.717, 1.165) is 12.8 Å². The van der Waals surface area contributed by atoms with E-state index in [-0.39, 0.29) is 16.9 Å². The van der Waals surface area contributed by atoms with E-state index in [0.29, 0.717) is 11.3 Å². The van der Waals surface area contributed by atoms with Crippen LogP contribution in [0.2, 0.25) is 0 Å². The van der Waals surface area contributed by atoms with Gasteiger partial charge in [0, 0.05) is 24.8 Å². The first-order chi connectivity index (χ1) is 8.51. The molecule has 1 rings (SSSR count). The Bertz CT molecular complexity index is 426. The fraction of sp³-hybridized carbons (Fsp3) is 0.462. The molecule has 2 N–H and O–H groups in total. The van der Waals surface area contributed by atoms with Crippen molar-refractivity contribution in [1.82, 2.24) is 9.88 Å². The highest BCUT2D eigenvalue weighted by molar-refractivity contribution is 7.80. The number of hydrogen-bond acceptors (Lipinski definition) is 3. The van der Waals surface area contributed by atoms with Gasteiger partial charge in [0.2, 0.25) is 0 Å². The molecule has 0 unspecified atom stereocenters. The molecule has 1 aromatic rings. The van der Waals surface area contributed by atoms with Crippen LogP contribution in [-0.2, 0) is 0 Å². The quantitative estimate of drug-likeness (QED) is 0.827. The van der Waals surface area contributed by atoms with Gasteiger partial charge in [-0.2, -0.15) is 0 Å². The van der Waals surface area contributed by atoms with Crippen LogP contribution in [0, 0.1) is 0 Å². The Balaban J connectivity index is 2.87. The van der Waals surface area contributed by atoms with E-state index < -0.39 is 0 Å². The Kier molecular flexibility index (Phi) is 5.22. The van der Waals surface area contributed by atoms with Crippen molar-refractivity contribution in [2.75, 3.05) is 7.05 Å². The van der Waals surface area contributed by atoms with Gasteiger partial charge in [-0.05, 0) is 25.0 Å². The first-order valence-corrected chi connectivity index (χ1v) is 6.45. The summed E-state index contributed by atoms with van der Waals surface area (Å²) in [5.41, 5.74) is 6.58. The van der Waals surface area contributed by atoms with Gasteiger partial charge in [0.25, 0.3) is 5.91 Å². The molecular weight excluding hydrogens is 246 g/mol. The summed E-state index contributed by atoms with van der Waals surface area (Å²) in [5.74, 6) is -0.0711. The third kappa shape index (κ3) is 3.26. The van der Waals surface area contributed by atoms with Crippen LogP contribution >= 0.6 is 12.2 Å². The van der Waals surface area contributed by atoms with Crippen LogP contribution in [0.15, 0.2) is 18.3 Å². The standard InChI is InChI=1S/C13H19N3OS/c1-4-10(5-2)16(3)13(17)11-7-6-9(8-15-11)12(14)18/h6-8,10H,4-5H2,1-3H3,(H2,14,18). The van der Waals surface area contributed by atoms with E-state index in [4.69, 9.17) is 18.0 Å². The van der Waals surface area contributed by atoms with Gasteiger partial charge in [-0.15, -0.1) is 0 Å². The van der Waals surface area contributed by atoms with Crippen LogP contribution in [-0.4, -0.2) is 33.9 Å². The Morgan fingerprint density at radius 2 is 2.06 bits per heavy atom. The lowest BCUT2D eigenvalue weighted by Gasteiger charge is -2.25. The molecule has 5 heteroatoms. The molecule has 18 heavy (non-hydrogen) atoms. The predicted molar refractivity (Wildman–Crippen MR) is 76.6 cm³/mol. The van der Waals surface area contributed by atoms with Crippen LogP contribution in [0.3, 0.4) is 0 Å². The molecule has 1 aromatic heterocycles. The molecule has 0 spiro atoms. The van der Waals surface area contributed by atoms with Gasteiger partial charge in [-0.25, -0.2) is 0 Å². The minimum absolute atomic E-state index is 0.0711. The third-order valence-electron chi connectivity index (χ3n) is 3.08. The number of nitrogens with zero attached hydrogens (tertiary/aromatic N) is 2. The molecule has 0 aliphatic rings. The number of nitrogens with two attached hydrogens (primary N) is 1. The summed E-state index contributed by atoms with van der Waals surface area (Å²) in [6, 6.07) is 3.63. The van der Waals surface area contributed by atoms with Gasteiger partial charge in [0.05, 0.1) is 0 Å². The molecule has 0 fully saturated rings. The zero-order chi connectivity index (χ0) is 13.7. The second-order valence-electron chi connectivity index (χ2n) is 4.18. The Hall–Kier alpha value is -1.49. The average molecular weight is 265 g/mol. The number of amides is 1. The smallest absolute Gasteiger partial charge is 0.272 e. The lowest BCUT2D eigenvalue weighted by atomic mass is 10.1. The SMILES string of the molecule is CCC(CC)N(C)C(=O)c1ccc(C(N)=S)cn1. The van der Waals surface area contributed by atoms with E-state index in [2.05, 4.69) is 18.8 Å². The van der Waals surface area contributed by atoms with Crippen molar-refractivity contribution in [1.29, 1.82) is 0 Å². The fourth-order valence-corrected chi connectivity index (χ4v) is 1.97. The molecule has 0 saturated heterocycles. The molecule has 0 aromatic carbocycles. The maximum absolute atomic E-state index is 12.2. The Morgan fingerprint density at radius 3 is 2.44 bits per heavy atom. The van der Waals surface area contributed by atoms with Gasteiger partial charge >= 0.3 is 0 Å². The van der Waals surface area contributed by atoms with Gasteiger partial charge in [-0.1, -0.05) is 26.1 Å². The number of aromatic nitrogens is 1. The van der Waals surface area contributed by atoms with Crippen molar-refractivity contribution in [2.24, 2.45) is 5.73 Å². The molecule has 1 heterocycles. The van der Waals surface area contributed by atoms with Crippen molar-refractivity contribution < 1.29 is 4.79 Å². The van der Waals surface area contributed by atoms with Crippen LogP contribution in [0.25, 0.3) is 0 Å². The summed E-state index contributed by atoms with van der Waals surface area (Å²) in [6.07, 6.45) is 3.41. The van der Waals surface area contributed by atoms with E-state index in [9.17, 15) is 4.79 Å². The van der Waals surface area contributed by atoms with Crippen molar-refractivity contribution in [3.05, 3.63) is 29.6 Å². The number of carbonyl (C=O) groups is 1. The van der Waals surface area contributed by atoms with E-state index >= 15 is 0 Å². The molecule has 0 aliphatic heterocycles. The third-order valence-corrected chi connectivity index (χ3v) is 3.31. The number of thiocarbonyl (C=S) groups is 1. The van der Waals surface area contributed by atoms with Gasteiger partial charge < -0.3 is 10.6 Å². The molecule has 1 amide bonds. The summed E-state index contributed by atoms with van der Waals surface area (Å²) in [6.45, 7) is 4.14. The molecule has 4 nitrogen and oxygen atoms in total. The highest BCUT2D eigenvalue weighted by Crippen LogP contribution is 2.10. The van der Waals surface area contributed by atoms with Crippen molar-refractivity contribution in [3.8, 4) is 0 Å². The Morgan fingerprint density at radius 1 is 1.44 bits per heavy atom. The number of carbonyl (C=O) groups excluding carboxylic acids is 1. The summed E-state index contributed by atoms with van der Waals surface area (Å²) < 4.78 is 0. The molecular formula is C13H19N3OS. The molecule has 0 saturated carbocycles. The number of hydrogen-bond donors (Lipinski definition) is 1. The minimum Gasteiger partial charge on any atom is -0.389 e. The topological polar surface area (TPSA) is 59.2 Å². The summed E-state index contributed by atoms with van der Waals surface area (Å²) in [5, 5.41) is 0. The normalized spacial score (nSPS) is 10.4. The molecule has 98 valence electrons. The highest BCUT2D eigenvalue weighted by atomic mass is 32.1. The number of pyridine rings is 1. The zero-order valence-corrected chi connectivity index (χ0v) is 11.8. The van der Waals surface area contributed by atoms with Gasteiger partial charge in [-0.3, -0.25) is 9.78 Å². The molecule has 0 bridgehead atoms. The first kappa shape index (κ1) is 14.6. The van der Waals surface area contributed by atoms with E-state index in [1.807, 2.05) is 7.05 Å². The fourth-order valence-electron chi connectivity index (χ4n) is 1.85. The van der Waals surface area contributed by atoms with E-state index in [1.54, 1.807) is 17.0 Å². The number of rotatable bonds is 5. The van der Waals surface area contributed by atoms with Gasteiger partial charge in [0.1, 0.15) is 10.7 Å². The monoisotopic (exact) mass is 265 g/mol. The summed E-state index contributed by atoms with van der Waals surface area (Å²) in [4.78, 5) is 18.3. The molecule has 0 aliphatic carbocycles. The largest absolute Gasteiger partial charge is 0.389 e. The lowest BCUT2D eigenvalue weighted by molar-refractivity contribution is 0.0718. The van der Waals surface area contributed by atoms with Crippen molar-refractivity contribution in [2.45, 2.75) is 32.7 Å². The van der Waals surface area contributed by atoms with Crippen LogP contribution in [0.1, 0.15) is 42.7 Å². The maximum Gasteiger partial charge on any atom is 0.272 e. The van der Waals surface area contributed by atoms with Crippen LogP contribution in [0.5, 0.6) is 0 Å². The average Bonchev–Trinajstić information content (AvgIpc) is 2.39. The Labute approximate surface area is 113 Å². The highest BCUT2D eigenvalue weighted by Gasteiger charge is 2.19. The predicted octanol–water partition coefficient (Wildman–Crippen LogP) is 1.98. The second-order valence-corrected chi connectivity index (χ2v) is 4.62.